The van der Waals surface area contributed by atoms with Gasteiger partial charge in [0.1, 0.15) is 5.60 Å². The van der Waals surface area contributed by atoms with Gasteiger partial charge in [0.05, 0.1) is 0 Å². The number of amides is 1. The van der Waals surface area contributed by atoms with Crippen LogP contribution in [0.5, 0.6) is 0 Å². The first-order valence-electron chi connectivity index (χ1n) is 7.40. The molecule has 0 saturated carbocycles. The molecule has 0 aliphatic carbocycles. The number of carbonyl (C=O) groups is 1. The molecule has 1 rings (SSSR count). The summed E-state index contributed by atoms with van der Waals surface area (Å²) in [5, 5.41) is 0. The third-order valence-electron chi connectivity index (χ3n) is 3.65. The monoisotopic (exact) mass is 270 g/mol. The Morgan fingerprint density at radius 3 is 2.42 bits per heavy atom. The van der Waals surface area contributed by atoms with Crippen LogP contribution >= 0.6 is 0 Å². The second-order valence-corrected chi connectivity index (χ2v) is 6.79. The average Bonchev–Trinajstić information content (AvgIpc) is 2.29. The van der Waals surface area contributed by atoms with Crippen molar-refractivity contribution in [2.75, 3.05) is 33.7 Å². The van der Waals surface area contributed by atoms with Crippen molar-refractivity contribution in [2.24, 2.45) is 5.92 Å². The summed E-state index contributed by atoms with van der Waals surface area (Å²) in [5.74, 6) is 0.836. The largest absolute Gasteiger partial charge is 0.444 e. The fraction of sp³-hybridized carbons (Fsp3) is 0.933. The van der Waals surface area contributed by atoms with Crippen LogP contribution < -0.4 is 0 Å². The number of likely N-dealkylation sites (tertiary alicyclic amines) is 1. The summed E-state index contributed by atoms with van der Waals surface area (Å²) in [4.78, 5) is 15.9. The molecule has 0 radical (unpaired) electrons. The van der Waals surface area contributed by atoms with Crippen LogP contribution in [0.1, 0.15) is 46.5 Å². The van der Waals surface area contributed by atoms with E-state index in [-0.39, 0.29) is 6.09 Å². The maximum Gasteiger partial charge on any atom is 0.410 e. The molecule has 0 atom stereocenters. The van der Waals surface area contributed by atoms with E-state index in [1.54, 1.807) is 4.90 Å². The van der Waals surface area contributed by atoms with Gasteiger partial charge in [-0.15, -0.1) is 0 Å². The zero-order valence-corrected chi connectivity index (χ0v) is 13.2. The van der Waals surface area contributed by atoms with Crippen molar-refractivity contribution in [3.8, 4) is 0 Å². The van der Waals surface area contributed by atoms with E-state index in [2.05, 4.69) is 11.9 Å². The Labute approximate surface area is 118 Å². The second-order valence-electron chi connectivity index (χ2n) is 6.79. The second kappa shape index (κ2) is 7.13. The molecule has 1 aliphatic heterocycles. The Hall–Kier alpha value is -0.770. The van der Waals surface area contributed by atoms with Gasteiger partial charge in [0.25, 0.3) is 0 Å². The fourth-order valence-electron chi connectivity index (χ4n) is 2.40. The number of hydrogen-bond donors (Lipinski definition) is 0. The minimum Gasteiger partial charge on any atom is -0.444 e. The zero-order valence-electron chi connectivity index (χ0n) is 13.2. The lowest BCUT2D eigenvalue weighted by atomic mass is 9.92. The van der Waals surface area contributed by atoms with Gasteiger partial charge < -0.3 is 14.5 Å². The maximum absolute atomic E-state index is 11.8. The number of hydrogen-bond acceptors (Lipinski definition) is 3. The van der Waals surface area contributed by atoms with Crippen LogP contribution in [0.4, 0.5) is 4.79 Å². The fourth-order valence-corrected chi connectivity index (χ4v) is 2.40. The Morgan fingerprint density at radius 2 is 1.89 bits per heavy atom. The first-order valence-corrected chi connectivity index (χ1v) is 7.40. The predicted molar refractivity (Wildman–Crippen MR) is 78.3 cm³/mol. The zero-order chi connectivity index (χ0) is 14.5. The summed E-state index contributed by atoms with van der Waals surface area (Å²) >= 11 is 0. The highest BCUT2D eigenvalue weighted by Gasteiger charge is 2.20. The number of carbonyl (C=O) groups excluding carboxylic acids is 1. The molecule has 0 aromatic carbocycles. The van der Waals surface area contributed by atoms with Gasteiger partial charge in [-0.05, 0) is 72.5 Å². The highest BCUT2D eigenvalue weighted by atomic mass is 16.6. The Bertz CT molecular complexity index is 278. The van der Waals surface area contributed by atoms with Crippen LogP contribution in [-0.4, -0.2) is 55.2 Å². The van der Waals surface area contributed by atoms with Gasteiger partial charge in [-0.1, -0.05) is 0 Å². The quantitative estimate of drug-likeness (QED) is 0.787. The third kappa shape index (κ3) is 6.81. The van der Waals surface area contributed by atoms with Gasteiger partial charge >= 0.3 is 6.09 Å². The standard InChI is InChI=1S/C15H30N2O2/c1-15(2,3)19-14(18)17(5)10-6-7-13-8-11-16(4)12-9-13/h13H,6-12H2,1-5H3. The number of nitrogens with zero attached hydrogens (tertiary/aromatic N) is 2. The summed E-state index contributed by atoms with van der Waals surface area (Å²) in [6, 6.07) is 0. The summed E-state index contributed by atoms with van der Waals surface area (Å²) in [5.41, 5.74) is -0.403. The van der Waals surface area contributed by atoms with E-state index in [9.17, 15) is 4.79 Å². The highest BCUT2D eigenvalue weighted by molar-refractivity contribution is 5.67. The number of ether oxygens (including phenoxy) is 1. The Morgan fingerprint density at radius 1 is 1.32 bits per heavy atom. The van der Waals surface area contributed by atoms with Gasteiger partial charge in [0.2, 0.25) is 0 Å². The summed E-state index contributed by atoms with van der Waals surface area (Å²) < 4.78 is 5.34. The van der Waals surface area contributed by atoms with Gasteiger partial charge in [-0.25, -0.2) is 4.79 Å². The molecule has 0 bridgehead atoms. The normalized spacial score (nSPS) is 18.4. The van der Waals surface area contributed by atoms with Crippen molar-refractivity contribution in [2.45, 2.75) is 52.1 Å². The van der Waals surface area contributed by atoms with E-state index >= 15 is 0 Å². The molecular formula is C15H30N2O2. The van der Waals surface area contributed by atoms with Crippen molar-refractivity contribution >= 4 is 6.09 Å². The molecule has 4 heteroatoms. The van der Waals surface area contributed by atoms with Crippen LogP contribution in [0, 0.1) is 5.92 Å². The van der Waals surface area contributed by atoms with Crippen molar-refractivity contribution in [1.29, 1.82) is 0 Å². The lowest BCUT2D eigenvalue weighted by Crippen LogP contribution is -2.35. The van der Waals surface area contributed by atoms with Crippen molar-refractivity contribution in [3.63, 3.8) is 0 Å². The van der Waals surface area contributed by atoms with E-state index in [4.69, 9.17) is 4.74 Å². The molecule has 1 fully saturated rings. The van der Waals surface area contributed by atoms with E-state index in [1.165, 1.54) is 32.4 Å². The van der Waals surface area contributed by atoms with E-state index in [0.29, 0.717) is 0 Å². The molecular weight excluding hydrogens is 240 g/mol. The van der Waals surface area contributed by atoms with Crippen molar-refractivity contribution in [1.82, 2.24) is 9.80 Å². The summed E-state index contributed by atoms with van der Waals surface area (Å²) in [6.45, 7) is 8.92. The third-order valence-corrected chi connectivity index (χ3v) is 3.65. The minimum absolute atomic E-state index is 0.212. The molecule has 1 amide bonds. The molecule has 1 aliphatic rings. The van der Waals surface area contributed by atoms with Crippen LogP contribution in [-0.2, 0) is 4.74 Å². The van der Waals surface area contributed by atoms with Gasteiger partial charge in [-0.2, -0.15) is 0 Å². The van der Waals surface area contributed by atoms with E-state index in [1.807, 2.05) is 27.8 Å². The predicted octanol–water partition coefficient (Wildman–Crippen LogP) is 2.98. The Kier molecular flexibility index (Phi) is 6.11. The lowest BCUT2D eigenvalue weighted by Gasteiger charge is -2.29. The summed E-state index contributed by atoms with van der Waals surface area (Å²) in [7, 11) is 4.01. The number of rotatable bonds is 4. The van der Waals surface area contributed by atoms with Crippen LogP contribution in [0.15, 0.2) is 0 Å². The van der Waals surface area contributed by atoms with E-state index in [0.717, 1.165) is 18.9 Å². The first-order chi connectivity index (χ1) is 8.78. The molecule has 19 heavy (non-hydrogen) atoms. The topological polar surface area (TPSA) is 32.8 Å². The maximum atomic E-state index is 11.8. The number of piperidine rings is 1. The molecule has 112 valence electrons. The Balaban J connectivity index is 2.16. The van der Waals surface area contributed by atoms with Crippen LogP contribution in [0.2, 0.25) is 0 Å². The van der Waals surface area contributed by atoms with Crippen molar-refractivity contribution in [3.05, 3.63) is 0 Å². The molecule has 0 N–H and O–H groups in total. The molecule has 4 nitrogen and oxygen atoms in total. The minimum atomic E-state index is -0.403. The van der Waals surface area contributed by atoms with Crippen LogP contribution in [0.3, 0.4) is 0 Å². The molecule has 0 spiro atoms. The van der Waals surface area contributed by atoms with E-state index < -0.39 is 5.60 Å². The molecule has 1 saturated heterocycles. The van der Waals surface area contributed by atoms with Gasteiger partial charge in [0, 0.05) is 13.6 Å². The molecule has 0 aromatic heterocycles. The van der Waals surface area contributed by atoms with Gasteiger partial charge in [-0.3, -0.25) is 0 Å². The molecule has 0 unspecified atom stereocenters. The molecule has 0 aromatic rings. The van der Waals surface area contributed by atoms with Crippen molar-refractivity contribution < 1.29 is 9.53 Å². The smallest absolute Gasteiger partial charge is 0.410 e. The average molecular weight is 270 g/mol. The lowest BCUT2D eigenvalue weighted by molar-refractivity contribution is 0.0293. The molecule has 1 heterocycles. The van der Waals surface area contributed by atoms with Crippen LogP contribution in [0.25, 0.3) is 0 Å². The summed E-state index contributed by atoms with van der Waals surface area (Å²) in [6.07, 6.45) is 4.68. The highest BCUT2D eigenvalue weighted by Crippen LogP contribution is 2.21. The van der Waals surface area contributed by atoms with Gasteiger partial charge in [0.15, 0.2) is 0 Å². The first kappa shape index (κ1) is 16.3. The SMILES string of the molecule is CN1CCC(CCCN(C)C(=O)OC(C)(C)C)CC1.